The van der Waals surface area contributed by atoms with E-state index in [1.165, 1.54) is 25.1 Å². The molecule has 0 fully saturated rings. The van der Waals surface area contributed by atoms with Crippen molar-refractivity contribution >= 4 is 23.4 Å². The van der Waals surface area contributed by atoms with Gasteiger partial charge in [0.05, 0.1) is 18.3 Å². The quantitative estimate of drug-likeness (QED) is 0.868. The minimum Gasteiger partial charge on any atom is -0.508 e. The van der Waals surface area contributed by atoms with E-state index in [1.807, 2.05) is 6.07 Å². The molecule has 0 aliphatic rings. The Balaban J connectivity index is 2.29. The Labute approximate surface area is 108 Å². The summed E-state index contributed by atoms with van der Waals surface area (Å²) in [5.74, 6) is 0.201. The molecule has 0 unspecified atom stereocenters. The van der Waals surface area contributed by atoms with Crippen molar-refractivity contribution in [3.05, 3.63) is 35.5 Å². The number of phenolic OH excluding ortho intramolecular Hbond substituents is 1. The molecule has 0 atom stereocenters. The van der Waals surface area contributed by atoms with E-state index in [9.17, 15) is 5.11 Å². The number of rotatable bonds is 3. The minimum absolute atomic E-state index is 0.201. The van der Waals surface area contributed by atoms with Gasteiger partial charge in [0.15, 0.2) is 0 Å². The van der Waals surface area contributed by atoms with Crippen molar-refractivity contribution in [2.24, 2.45) is 0 Å². The molecule has 2 rings (SSSR count). The third-order valence-electron chi connectivity index (χ3n) is 1.90. The van der Waals surface area contributed by atoms with Crippen molar-refractivity contribution in [1.29, 1.82) is 0 Å². The predicted molar refractivity (Wildman–Crippen MR) is 65.8 cm³/mol. The Morgan fingerprint density at radius 2 is 2.24 bits per heavy atom. The van der Waals surface area contributed by atoms with Gasteiger partial charge in [0.2, 0.25) is 0 Å². The van der Waals surface area contributed by atoms with E-state index in [0.717, 1.165) is 4.90 Å². The van der Waals surface area contributed by atoms with E-state index in [-0.39, 0.29) is 11.8 Å². The van der Waals surface area contributed by atoms with Gasteiger partial charge < -0.3 is 9.84 Å². The average molecular weight is 269 g/mol. The van der Waals surface area contributed by atoms with Gasteiger partial charge >= 0.3 is 6.01 Å². The molecule has 0 saturated heterocycles. The maximum atomic E-state index is 9.36. The fourth-order valence-electron chi connectivity index (χ4n) is 1.16. The second kappa shape index (κ2) is 5.25. The molecule has 0 saturated carbocycles. The topological polar surface area (TPSA) is 55.2 Å². The lowest BCUT2D eigenvalue weighted by atomic mass is 10.3. The van der Waals surface area contributed by atoms with Gasteiger partial charge in [-0.2, -0.15) is 4.98 Å². The number of halogens is 1. The van der Waals surface area contributed by atoms with E-state index >= 15 is 0 Å². The Hall–Kier alpha value is -1.46. The molecular weight excluding hydrogens is 260 g/mol. The Morgan fingerprint density at radius 3 is 2.94 bits per heavy atom. The zero-order chi connectivity index (χ0) is 12.3. The van der Waals surface area contributed by atoms with Crippen molar-refractivity contribution in [3.8, 4) is 11.8 Å². The summed E-state index contributed by atoms with van der Waals surface area (Å²) in [5.41, 5.74) is 0. The first-order valence-electron chi connectivity index (χ1n) is 4.72. The molecule has 4 nitrogen and oxygen atoms in total. The van der Waals surface area contributed by atoms with Gasteiger partial charge in [0.25, 0.3) is 0 Å². The number of phenols is 1. The third kappa shape index (κ3) is 3.01. The standard InChI is InChI=1S/C11H9ClN2O2S/c1-16-11-13-6-9(12)10(14-11)17-8-4-2-3-7(15)5-8/h2-6,15H,1H3. The lowest BCUT2D eigenvalue weighted by molar-refractivity contribution is 0.376. The van der Waals surface area contributed by atoms with Crippen LogP contribution in [0.4, 0.5) is 0 Å². The lowest BCUT2D eigenvalue weighted by Gasteiger charge is -2.04. The number of aromatic hydroxyl groups is 1. The number of methoxy groups -OCH3 is 1. The van der Waals surface area contributed by atoms with Crippen LogP contribution >= 0.6 is 23.4 Å². The van der Waals surface area contributed by atoms with Gasteiger partial charge in [0.1, 0.15) is 10.8 Å². The summed E-state index contributed by atoms with van der Waals surface area (Å²) in [5, 5.41) is 10.4. The zero-order valence-electron chi connectivity index (χ0n) is 8.92. The number of ether oxygens (including phenoxy) is 1. The second-order valence-corrected chi connectivity index (χ2v) is 4.58. The normalized spacial score (nSPS) is 10.2. The van der Waals surface area contributed by atoms with Crippen LogP contribution in [0.5, 0.6) is 11.8 Å². The second-order valence-electron chi connectivity index (χ2n) is 3.11. The Bertz CT molecular complexity index is 537. The molecule has 2 aromatic rings. The van der Waals surface area contributed by atoms with Crippen LogP contribution in [0.1, 0.15) is 0 Å². The maximum absolute atomic E-state index is 9.36. The number of hydrogen-bond acceptors (Lipinski definition) is 5. The summed E-state index contributed by atoms with van der Waals surface area (Å²) in [7, 11) is 1.49. The molecule has 0 radical (unpaired) electrons. The van der Waals surface area contributed by atoms with Gasteiger partial charge in [-0.3, -0.25) is 0 Å². The van der Waals surface area contributed by atoms with Crippen molar-refractivity contribution in [3.63, 3.8) is 0 Å². The summed E-state index contributed by atoms with van der Waals surface area (Å²) in [6.07, 6.45) is 1.48. The molecule has 1 aromatic carbocycles. The molecule has 1 N–H and O–H groups in total. The molecule has 0 aliphatic carbocycles. The van der Waals surface area contributed by atoms with E-state index in [1.54, 1.807) is 18.2 Å². The first-order chi connectivity index (χ1) is 8.19. The average Bonchev–Trinajstić information content (AvgIpc) is 2.32. The molecule has 1 heterocycles. The highest BCUT2D eigenvalue weighted by atomic mass is 35.5. The molecule has 17 heavy (non-hydrogen) atoms. The molecule has 0 bridgehead atoms. The zero-order valence-corrected chi connectivity index (χ0v) is 10.5. The first kappa shape index (κ1) is 12.0. The lowest BCUT2D eigenvalue weighted by Crippen LogP contribution is -1.93. The highest BCUT2D eigenvalue weighted by molar-refractivity contribution is 7.99. The maximum Gasteiger partial charge on any atom is 0.317 e. The highest BCUT2D eigenvalue weighted by Gasteiger charge is 2.08. The van der Waals surface area contributed by atoms with Gasteiger partial charge in [0, 0.05) is 4.90 Å². The van der Waals surface area contributed by atoms with Crippen LogP contribution in [0.25, 0.3) is 0 Å². The number of aromatic nitrogens is 2. The number of nitrogens with zero attached hydrogens (tertiary/aromatic N) is 2. The van der Waals surface area contributed by atoms with Crippen LogP contribution in [-0.2, 0) is 0 Å². The van der Waals surface area contributed by atoms with Crippen LogP contribution < -0.4 is 4.74 Å². The molecule has 88 valence electrons. The Morgan fingerprint density at radius 1 is 1.41 bits per heavy atom. The molecule has 0 aliphatic heterocycles. The van der Waals surface area contributed by atoms with Crippen molar-refractivity contribution in [2.45, 2.75) is 9.92 Å². The van der Waals surface area contributed by atoms with Gasteiger partial charge in [-0.1, -0.05) is 29.4 Å². The number of benzene rings is 1. The van der Waals surface area contributed by atoms with Gasteiger partial charge in [-0.15, -0.1) is 0 Å². The number of hydrogen-bond donors (Lipinski definition) is 1. The molecule has 1 aromatic heterocycles. The fraction of sp³-hybridized carbons (Fsp3) is 0.0909. The third-order valence-corrected chi connectivity index (χ3v) is 3.29. The van der Waals surface area contributed by atoms with Crippen LogP contribution in [0.2, 0.25) is 5.02 Å². The monoisotopic (exact) mass is 268 g/mol. The van der Waals surface area contributed by atoms with Crippen molar-refractivity contribution < 1.29 is 9.84 Å². The summed E-state index contributed by atoms with van der Waals surface area (Å²) < 4.78 is 4.93. The van der Waals surface area contributed by atoms with Gasteiger partial charge in [-0.05, 0) is 18.2 Å². The summed E-state index contributed by atoms with van der Waals surface area (Å²) in [6.45, 7) is 0. The largest absolute Gasteiger partial charge is 0.508 e. The molecule has 6 heteroatoms. The van der Waals surface area contributed by atoms with Crippen molar-refractivity contribution in [1.82, 2.24) is 9.97 Å². The van der Waals surface area contributed by atoms with E-state index < -0.39 is 0 Å². The van der Waals surface area contributed by atoms with E-state index in [2.05, 4.69) is 9.97 Å². The van der Waals surface area contributed by atoms with E-state index in [0.29, 0.717) is 10.0 Å². The first-order valence-corrected chi connectivity index (χ1v) is 5.92. The highest BCUT2D eigenvalue weighted by Crippen LogP contribution is 2.33. The Kier molecular flexibility index (Phi) is 3.71. The van der Waals surface area contributed by atoms with Crippen LogP contribution in [0.3, 0.4) is 0 Å². The predicted octanol–water partition coefficient (Wildman–Crippen LogP) is 3.00. The smallest absolute Gasteiger partial charge is 0.317 e. The molecular formula is C11H9ClN2O2S. The van der Waals surface area contributed by atoms with Crippen molar-refractivity contribution in [2.75, 3.05) is 7.11 Å². The SMILES string of the molecule is COc1ncc(Cl)c(Sc2cccc(O)c2)n1. The van der Waals surface area contributed by atoms with Crippen LogP contribution in [-0.4, -0.2) is 22.2 Å². The molecule has 0 spiro atoms. The fourth-order valence-corrected chi connectivity index (χ4v) is 2.20. The molecule has 0 amide bonds. The van der Waals surface area contributed by atoms with Crippen LogP contribution in [0, 0.1) is 0 Å². The van der Waals surface area contributed by atoms with Gasteiger partial charge in [-0.25, -0.2) is 4.98 Å². The summed E-state index contributed by atoms with van der Waals surface area (Å²) >= 11 is 7.31. The summed E-state index contributed by atoms with van der Waals surface area (Å²) in [6, 6.07) is 7.11. The van der Waals surface area contributed by atoms with E-state index in [4.69, 9.17) is 16.3 Å². The summed E-state index contributed by atoms with van der Waals surface area (Å²) in [4.78, 5) is 8.86. The minimum atomic E-state index is 0.201. The van der Waals surface area contributed by atoms with Crippen LogP contribution in [0.15, 0.2) is 40.4 Å².